The van der Waals surface area contributed by atoms with Crippen molar-refractivity contribution in [3.8, 4) is 0 Å². The molecule has 1 amide bonds. The highest BCUT2D eigenvalue weighted by Gasteiger charge is 2.31. The largest absolute Gasteiger partial charge is 0.380 e. The average molecular weight is 200 g/mol. The lowest BCUT2D eigenvalue weighted by Gasteiger charge is -2.24. The molecule has 2 atom stereocenters. The number of likely N-dealkylation sites (tertiary alicyclic amines) is 1. The average Bonchev–Trinajstić information content (AvgIpc) is 2.56. The zero-order valence-electron chi connectivity index (χ0n) is 9.03. The van der Waals surface area contributed by atoms with Crippen molar-refractivity contribution < 1.29 is 9.53 Å². The van der Waals surface area contributed by atoms with E-state index < -0.39 is 0 Å². The van der Waals surface area contributed by atoms with E-state index in [4.69, 9.17) is 10.5 Å². The van der Waals surface area contributed by atoms with Gasteiger partial charge in [-0.1, -0.05) is 0 Å². The summed E-state index contributed by atoms with van der Waals surface area (Å²) in [5, 5.41) is 0. The summed E-state index contributed by atoms with van der Waals surface area (Å²) in [5.74, 6) is 0.555. The van der Waals surface area contributed by atoms with Crippen LogP contribution in [0.25, 0.3) is 0 Å². The minimum absolute atomic E-state index is 0.180. The van der Waals surface area contributed by atoms with Crippen LogP contribution in [0.3, 0.4) is 0 Å². The van der Waals surface area contributed by atoms with E-state index >= 15 is 0 Å². The first kappa shape index (κ1) is 11.5. The molecule has 4 nitrogen and oxygen atoms in total. The van der Waals surface area contributed by atoms with Gasteiger partial charge in [-0.15, -0.1) is 0 Å². The van der Waals surface area contributed by atoms with Gasteiger partial charge in [0.2, 0.25) is 5.91 Å². The Bertz CT molecular complexity index is 197. The van der Waals surface area contributed by atoms with Crippen LogP contribution in [0.15, 0.2) is 0 Å². The van der Waals surface area contributed by atoms with Crippen LogP contribution in [-0.2, 0) is 9.53 Å². The van der Waals surface area contributed by atoms with Crippen molar-refractivity contribution in [1.29, 1.82) is 0 Å². The highest BCUT2D eigenvalue weighted by atomic mass is 16.5. The van der Waals surface area contributed by atoms with Gasteiger partial charge in [-0.05, 0) is 26.3 Å². The predicted octanol–water partition coefficient (Wildman–Crippen LogP) is 0.219. The minimum Gasteiger partial charge on any atom is -0.380 e. The Labute approximate surface area is 85.4 Å². The molecule has 1 fully saturated rings. The molecule has 0 saturated carbocycles. The first-order chi connectivity index (χ1) is 6.69. The van der Waals surface area contributed by atoms with Crippen molar-refractivity contribution in [2.24, 2.45) is 11.7 Å². The minimum atomic E-state index is 0.180. The summed E-state index contributed by atoms with van der Waals surface area (Å²) in [5.41, 5.74) is 5.55. The number of carbonyl (C=O) groups excluding carboxylic acids is 1. The maximum atomic E-state index is 11.6. The van der Waals surface area contributed by atoms with Crippen molar-refractivity contribution in [3.05, 3.63) is 0 Å². The molecule has 0 bridgehead atoms. The van der Waals surface area contributed by atoms with Gasteiger partial charge in [-0.3, -0.25) is 4.79 Å². The molecule has 14 heavy (non-hydrogen) atoms. The van der Waals surface area contributed by atoms with Crippen molar-refractivity contribution >= 4 is 5.91 Å². The number of rotatable bonds is 5. The predicted molar refractivity (Wildman–Crippen MR) is 54.8 cm³/mol. The summed E-state index contributed by atoms with van der Waals surface area (Å²) in [6.45, 7) is 6.70. The van der Waals surface area contributed by atoms with Gasteiger partial charge in [0.25, 0.3) is 0 Å². The van der Waals surface area contributed by atoms with Crippen LogP contribution in [0.2, 0.25) is 0 Å². The Morgan fingerprint density at radius 2 is 2.43 bits per heavy atom. The van der Waals surface area contributed by atoms with E-state index in [1.54, 1.807) is 0 Å². The standard InChI is InChI=1S/C10H20N2O2/c1-3-14-7-8(2)12-6-9(5-11)4-10(12)13/h8-9H,3-7,11H2,1-2H3. The molecule has 2 unspecified atom stereocenters. The van der Waals surface area contributed by atoms with E-state index in [0.717, 1.165) is 6.54 Å². The summed E-state index contributed by atoms with van der Waals surface area (Å²) < 4.78 is 5.30. The zero-order valence-corrected chi connectivity index (χ0v) is 9.03. The number of nitrogens with two attached hydrogens (primary N) is 1. The number of amides is 1. The van der Waals surface area contributed by atoms with Crippen LogP contribution in [0.5, 0.6) is 0 Å². The van der Waals surface area contributed by atoms with E-state index in [9.17, 15) is 4.79 Å². The highest BCUT2D eigenvalue weighted by Crippen LogP contribution is 2.19. The Kier molecular flexibility index (Phi) is 4.35. The number of carbonyl (C=O) groups is 1. The van der Waals surface area contributed by atoms with Gasteiger partial charge in [0.05, 0.1) is 12.6 Å². The Morgan fingerprint density at radius 3 is 2.93 bits per heavy atom. The summed E-state index contributed by atoms with van der Waals surface area (Å²) in [6.07, 6.45) is 0.604. The molecule has 0 spiro atoms. The zero-order chi connectivity index (χ0) is 10.6. The fraction of sp³-hybridized carbons (Fsp3) is 0.900. The molecule has 1 saturated heterocycles. The molecule has 0 radical (unpaired) electrons. The van der Waals surface area contributed by atoms with Gasteiger partial charge in [0, 0.05) is 19.6 Å². The van der Waals surface area contributed by atoms with Gasteiger partial charge >= 0.3 is 0 Å². The lowest BCUT2D eigenvalue weighted by Crippen LogP contribution is -2.38. The van der Waals surface area contributed by atoms with Crippen LogP contribution in [0, 0.1) is 5.92 Å². The maximum absolute atomic E-state index is 11.6. The van der Waals surface area contributed by atoms with Crippen molar-refractivity contribution in [1.82, 2.24) is 4.90 Å². The molecule has 0 aliphatic carbocycles. The molecule has 0 aromatic carbocycles. The van der Waals surface area contributed by atoms with Crippen LogP contribution in [0.4, 0.5) is 0 Å². The van der Waals surface area contributed by atoms with Crippen molar-refractivity contribution in [2.75, 3.05) is 26.3 Å². The van der Waals surface area contributed by atoms with E-state index in [0.29, 0.717) is 32.1 Å². The molecule has 1 heterocycles. The van der Waals surface area contributed by atoms with Gasteiger partial charge in [0.15, 0.2) is 0 Å². The fourth-order valence-corrected chi connectivity index (χ4v) is 1.77. The summed E-state index contributed by atoms with van der Waals surface area (Å²) in [4.78, 5) is 13.4. The van der Waals surface area contributed by atoms with Gasteiger partial charge in [-0.25, -0.2) is 0 Å². The molecule has 82 valence electrons. The third kappa shape index (κ3) is 2.69. The number of nitrogens with zero attached hydrogens (tertiary/aromatic N) is 1. The SMILES string of the molecule is CCOCC(C)N1CC(CN)CC1=O. The highest BCUT2D eigenvalue weighted by molar-refractivity contribution is 5.79. The first-order valence-electron chi connectivity index (χ1n) is 5.26. The first-order valence-corrected chi connectivity index (χ1v) is 5.26. The molecule has 0 aromatic rings. The molecule has 1 aliphatic heterocycles. The van der Waals surface area contributed by atoms with Gasteiger partial charge < -0.3 is 15.4 Å². The van der Waals surface area contributed by atoms with Crippen LogP contribution < -0.4 is 5.73 Å². The van der Waals surface area contributed by atoms with Crippen LogP contribution in [0.1, 0.15) is 20.3 Å². The molecule has 4 heteroatoms. The molecule has 1 aliphatic rings. The Balaban J connectivity index is 2.40. The van der Waals surface area contributed by atoms with E-state index in [1.165, 1.54) is 0 Å². The van der Waals surface area contributed by atoms with Crippen molar-refractivity contribution in [2.45, 2.75) is 26.3 Å². The quantitative estimate of drug-likeness (QED) is 0.690. The van der Waals surface area contributed by atoms with Gasteiger partial charge in [0.1, 0.15) is 0 Å². The summed E-state index contributed by atoms with van der Waals surface area (Å²) in [6, 6.07) is 0.180. The molecular weight excluding hydrogens is 180 g/mol. The smallest absolute Gasteiger partial charge is 0.223 e. The second-order valence-electron chi connectivity index (χ2n) is 3.86. The number of hydrogen-bond donors (Lipinski definition) is 1. The van der Waals surface area contributed by atoms with Gasteiger partial charge in [-0.2, -0.15) is 0 Å². The topological polar surface area (TPSA) is 55.6 Å². The van der Waals surface area contributed by atoms with E-state index in [1.807, 2.05) is 18.7 Å². The van der Waals surface area contributed by atoms with Crippen LogP contribution in [-0.4, -0.2) is 43.2 Å². The van der Waals surface area contributed by atoms with E-state index in [-0.39, 0.29) is 11.9 Å². The number of ether oxygens (including phenoxy) is 1. The van der Waals surface area contributed by atoms with Crippen LogP contribution >= 0.6 is 0 Å². The lowest BCUT2D eigenvalue weighted by molar-refractivity contribution is -0.130. The number of hydrogen-bond acceptors (Lipinski definition) is 3. The molecule has 1 rings (SSSR count). The lowest BCUT2D eigenvalue weighted by atomic mass is 10.1. The third-order valence-corrected chi connectivity index (χ3v) is 2.67. The fourth-order valence-electron chi connectivity index (χ4n) is 1.77. The third-order valence-electron chi connectivity index (χ3n) is 2.67. The summed E-state index contributed by atoms with van der Waals surface area (Å²) in [7, 11) is 0. The second kappa shape index (κ2) is 5.32. The Hall–Kier alpha value is -0.610. The Morgan fingerprint density at radius 1 is 1.71 bits per heavy atom. The summed E-state index contributed by atoms with van der Waals surface area (Å²) >= 11 is 0. The monoisotopic (exact) mass is 200 g/mol. The molecule has 0 aromatic heterocycles. The molecular formula is C10H20N2O2. The second-order valence-corrected chi connectivity index (χ2v) is 3.86. The maximum Gasteiger partial charge on any atom is 0.223 e. The molecule has 2 N–H and O–H groups in total. The van der Waals surface area contributed by atoms with Crippen molar-refractivity contribution in [3.63, 3.8) is 0 Å². The normalized spacial score (nSPS) is 24.4. The van der Waals surface area contributed by atoms with E-state index in [2.05, 4.69) is 0 Å².